The highest BCUT2D eigenvalue weighted by atomic mass is 16.3. The first-order valence-electron chi connectivity index (χ1n) is 5.77. The summed E-state index contributed by atoms with van der Waals surface area (Å²) in [6, 6.07) is 1.48. The van der Waals surface area contributed by atoms with Gasteiger partial charge in [0, 0.05) is 24.0 Å². The first-order chi connectivity index (χ1) is 7.45. The highest BCUT2D eigenvalue weighted by molar-refractivity contribution is 5.21. The minimum atomic E-state index is -0.490. The van der Waals surface area contributed by atoms with Gasteiger partial charge in [0.2, 0.25) is 0 Å². The lowest BCUT2D eigenvalue weighted by atomic mass is 10.0. The van der Waals surface area contributed by atoms with Gasteiger partial charge in [-0.1, -0.05) is 13.8 Å². The molecule has 0 saturated heterocycles. The van der Waals surface area contributed by atoms with E-state index in [2.05, 4.69) is 6.92 Å². The molecule has 0 fully saturated rings. The molecule has 0 aliphatic heterocycles. The zero-order valence-electron chi connectivity index (χ0n) is 10.4. The van der Waals surface area contributed by atoms with E-state index in [1.165, 1.54) is 6.07 Å². The van der Waals surface area contributed by atoms with Gasteiger partial charge in [0.25, 0.3) is 0 Å². The van der Waals surface area contributed by atoms with E-state index in [-0.39, 0.29) is 11.3 Å². The molecule has 16 heavy (non-hydrogen) atoms. The Morgan fingerprint density at radius 3 is 2.56 bits per heavy atom. The van der Waals surface area contributed by atoms with Crippen molar-refractivity contribution < 1.29 is 9.52 Å². The van der Waals surface area contributed by atoms with Crippen LogP contribution in [0.3, 0.4) is 0 Å². The van der Waals surface area contributed by atoms with E-state index in [4.69, 9.17) is 4.42 Å². The van der Waals surface area contributed by atoms with Crippen LogP contribution in [0.4, 0.5) is 0 Å². The fraction of sp³-hybridized carbons (Fsp3) is 0.615. The van der Waals surface area contributed by atoms with E-state index in [1.807, 2.05) is 6.92 Å². The van der Waals surface area contributed by atoms with Crippen molar-refractivity contribution in [1.82, 2.24) is 0 Å². The Bertz CT molecular complexity index is 404. The maximum absolute atomic E-state index is 11.7. The first-order valence-corrected chi connectivity index (χ1v) is 5.77. The van der Waals surface area contributed by atoms with Crippen molar-refractivity contribution in [1.29, 1.82) is 0 Å². The average molecular weight is 224 g/mol. The molecule has 2 atom stereocenters. The van der Waals surface area contributed by atoms with Crippen LogP contribution in [0, 0.1) is 6.92 Å². The van der Waals surface area contributed by atoms with Crippen molar-refractivity contribution in [2.45, 2.75) is 52.6 Å². The van der Waals surface area contributed by atoms with Crippen LogP contribution in [0.5, 0.6) is 0 Å². The number of aliphatic hydroxyl groups is 1. The second kappa shape index (κ2) is 5.30. The van der Waals surface area contributed by atoms with Gasteiger partial charge in [0.1, 0.15) is 11.5 Å². The predicted octanol–water partition coefficient (Wildman–Crippen LogP) is 2.39. The summed E-state index contributed by atoms with van der Waals surface area (Å²) in [6.45, 7) is 7.57. The van der Waals surface area contributed by atoms with Gasteiger partial charge in [-0.15, -0.1) is 0 Å². The van der Waals surface area contributed by atoms with Crippen molar-refractivity contribution in [2.24, 2.45) is 0 Å². The van der Waals surface area contributed by atoms with Crippen molar-refractivity contribution in [3.63, 3.8) is 0 Å². The van der Waals surface area contributed by atoms with Crippen LogP contribution in [-0.4, -0.2) is 11.2 Å². The maximum atomic E-state index is 11.7. The molecule has 0 aliphatic carbocycles. The molecule has 90 valence electrons. The van der Waals surface area contributed by atoms with Gasteiger partial charge in [-0.05, 0) is 20.3 Å². The molecule has 1 heterocycles. The Labute approximate surface area is 96.1 Å². The minimum Gasteiger partial charge on any atom is -0.465 e. The van der Waals surface area contributed by atoms with Crippen molar-refractivity contribution in [2.75, 3.05) is 0 Å². The van der Waals surface area contributed by atoms with Gasteiger partial charge >= 0.3 is 0 Å². The molecule has 0 radical (unpaired) electrons. The lowest BCUT2D eigenvalue weighted by molar-refractivity contribution is 0.185. The largest absolute Gasteiger partial charge is 0.465 e. The van der Waals surface area contributed by atoms with E-state index >= 15 is 0 Å². The zero-order chi connectivity index (χ0) is 12.3. The minimum absolute atomic E-state index is 0.00259. The van der Waals surface area contributed by atoms with Gasteiger partial charge in [-0.2, -0.15) is 0 Å². The summed E-state index contributed by atoms with van der Waals surface area (Å²) in [7, 11) is 0. The molecule has 0 aliphatic rings. The maximum Gasteiger partial charge on any atom is 0.188 e. The van der Waals surface area contributed by atoms with Gasteiger partial charge in [-0.25, -0.2) is 0 Å². The van der Waals surface area contributed by atoms with Crippen LogP contribution in [0.25, 0.3) is 0 Å². The normalized spacial score (nSPS) is 14.8. The monoisotopic (exact) mass is 224 g/mol. The van der Waals surface area contributed by atoms with Crippen LogP contribution in [0.15, 0.2) is 15.3 Å². The van der Waals surface area contributed by atoms with E-state index in [9.17, 15) is 9.90 Å². The number of rotatable bonds is 4. The third-order valence-electron chi connectivity index (χ3n) is 2.83. The molecule has 3 heteroatoms. The van der Waals surface area contributed by atoms with Crippen molar-refractivity contribution in [3.8, 4) is 0 Å². The predicted molar refractivity (Wildman–Crippen MR) is 63.8 cm³/mol. The third kappa shape index (κ3) is 2.95. The Hall–Kier alpha value is -1.09. The Morgan fingerprint density at radius 2 is 2.06 bits per heavy atom. The SMILES string of the molecule is CC[C@@H](C)c1oc(C[C@H](C)O)cc(=O)c1C. The summed E-state index contributed by atoms with van der Waals surface area (Å²) in [4.78, 5) is 11.7. The van der Waals surface area contributed by atoms with E-state index in [0.29, 0.717) is 17.7 Å². The lowest BCUT2D eigenvalue weighted by Gasteiger charge is -2.13. The van der Waals surface area contributed by atoms with Gasteiger partial charge < -0.3 is 9.52 Å². The summed E-state index contributed by atoms with van der Waals surface area (Å²) < 4.78 is 5.69. The molecule has 0 unspecified atom stereocenters. The summed E-state index contributed by atoms with van der Waals surface area (Å²) in [5.74, 6) is 1.56. The quantitative estimate of drug-likeness (QED) is 0.854. The Balaban J connectivity index is 3.17. The molecule has 1 aromatic rings. The van der Waals surface area contributed by atoms with Crippen molar-refractivity contribution in [3.05, 3.63) is 33.4 Å². The average Bonchev–Trinajstić information content (AvgIpc) is 2.21. The standard InChI is InChI=1S/C13H20O3/c1-5-8(2)13-10(4)12(15)7-11(16-13)6-9(3)14/h7-9,14H,5-6H2,1-4H3/t8-,9+/m1/s1. The molecule has 1 aromatic heterocycles. The molecule has 3 nitrogen and oxygen atoms in total. The van der Waals surface area contributed by atoms with Gasteiger partial charge in [-0.3, -0.25) is 4.79 Å². The molecule has 0 spiro atoms. The molecular formula is C13H20O3. The van der Waals surface area contributed by atoms with E-state index < -0.39 is 6.10 Å². The number of hydrogen-bond acceptors (Lipinski definition) is 3. The van der Waals surface area contributed by atoms with Crippen LogP contribution in [-0.2, 0) is 6.42 Å². The zero-order valence-corrected chi connectivity index (χ0v) is 10.4. The number of hydrogen-bond donors (Lipinski definition) is 1. The van der Waals surface area contributed by atoms with Crippen LogP contribution in [0.1, 0.15) is 50.2 Å². The second-order valence-electron chi connectivity index (χ2n) is 4.43. The fourth-order valence-electron chi connectivity index (χ4n) is 1.67. The Kier molecular flexibility index (Phi) is 4.30. The van der Waals surface area contributed by atoms with E-state index in [1.54, 1.807) is 13.8 Å². The van der Waals surface area contributed by atoms with Gasteiger partial charge in [0.15, 0.2) is 5.43 Å². The molecule has 0 saturated carbocycles. The second-order valence-corrected chi connectivity index (χ2v) is 4.43. The molecule has 1 N–H and O–H groups in total. The highest BCUT2D eigenvalue weighted by Gasteiger charge is 2.14. The summed E-state index contributed by atoms with van der Waals surface area (Å²) in [6.07, 6.45) is 0.830. The van der Waals surface area contributed by atoms with Crippen LogP contribution < -0.4 is 5.43 Å². The van der Waals surface area contributed by atoms with Crippen LogP contribution >= 0.6 is 0 Å². The van der Waals surface area contributed by atoms with Crippen LogP contribution in [0.2, 0.25) is 0 Å². The molecule has 0 amide bonds. The molecule has 0 bridgehead atoms. The smallest absolute Gasteiger partial charge is 0.188 e. The lowest BCUT2D eigenvalue weighted by Crippen LogP contribution is -2.13. The van der Waals surface area contributed by atoms with E-state index in [0.717, 1.165) is 12.2 Å². The summed E-state index contributed by atoms with van der Waals surface area (Å²) in [5, 5.41) is 9.29. The summed E-state index contributed by atoms with van der Waals surface area (Å²) >= 11 is 0. The Morgan fingerprint density at radius 1 is 1.44 bits per heavy atom. The molecule has 0 aromatic carbocycles. The highest BCUT2D eigenvalue weighted by Crippen LogP contribution is 2.21. The summed E-state index contributed by atoms with van der Waals surface area (Å²) in [5.41, 5.74) is 0.681. The van der Waals surface area contributed by atoms with Crippen molar-refractivity contribution >= 4 is 0 Å². The third-order valence-corrected chi connectivity index (χ3v) is 2.83. The van der Waals surface area contributed by atoms with Gasteiger partial charge in [0.05, 0.1) is 6.10 Å². The fourth-order valence-corrected chi connectivity index (χ4v) is 1.67. The number of aliphatic hydroxyl groups excluding tert-OH is 1. The topological polar surface area (TPSA) is 50.4 Å². The molecule has 1 rings (SSSR count). The first kappa shape index (κ1) is 13.0. The molecular weight excluding hydrogens is 204 g/mol.